The van der Waals surface area contributed by atoms with Crippen molar-refractivity contribution in [1.82, 2.24) is 9.97 Å². The smallest absolute Gasteiger partial charge is 0.128 e. The Labute approximate surface area is 123 Å². The molecule has 0 aliphatic rings. The molecule has 1 heterocycles. The Hall–Kier alpha value is -1.59. The van der Waals surface area contributed by atoms with Crippen molar-refractivity contribution in [3.63, 3.8) is 0 Å². The van der Waals surface area contributed by atoms with Crippen LogP contribution in [0, 0.1) is 0 Å². The van der Waals surface area contributed by atoms with E-state index in [0.717, 1.165) is 26.8 Å². The summed E-state index contributed by atoms with van der Waals surface area (Å²) in [5, 5.41) is 9.48. The third-order valence-corrected chi connectivity index (χ3v) is 3.63. The molecule has 0 unspecified atom stereocenters. The molecule has 0 amide bonds. The Kier molecular flexibility index (Phi) is 3.16. The van der Waals surface area contributed by atoms with Crippen molar-refractivity contribution in [2.75, 3.05) is 0 Å². The lowest BCUT2D eigenvalue weighted by atomic mass is 10.1. The van der Waals surface area contributed by atoms with Crippen LogP contribution in [0.5, 0.6) is 5.75 Å². The fourth-order valence-corrected chi connectivity index (χ4v) is 2.37. The number of nitrogens with zero attached hydrogens (tertiary/aromatic N) is 2. The first-order chi connectivity index (χ1) is 9.13. The van der Waals surface area contributed by atoms with Gasteiger partial charge in [0.25, 0.3) is 0 Å². The second kappa shape index (κ2) is 4.83. The lowest BCUT2D eigenvalue weighted by molar-refractivity contribution is 0.463. The first-order valence-corrected chi connectivity index (χ1v) is 6.82. The molecule has 5 heteroatoms. The van der Waals surface area contributed by atoms with E-state index in [1.807, 2.05) is 18.2 Å². The summed E-state index contributed by atoms with van der Waals surface area (Å²) < 4.78 is 0.965. The first-order valence-electron chi connectivity index (χ1n) is 5.58. The van der Waals surface area contributed by atoms with Gasteiger partial charge in [0.1, 0.15) is 5.75 Å². The van der Waals surface area contributed by atoms with Crippen molar-refractivity contribution in [3.8, 4) is 17.0 Å². The zero-order chi connectivity index (χ0) is 13.4. The van der Waals surface area contributed by atoms with Gasteiger partial charge in [0.2, 0.25) is 0 Å². The van der Waals surface area contributed by atoms with Crippen LogP contribution in [0.1, 0.15) is 0 Å². The number of hydrogen-bond donors (Lipinski definition) is 2. The van der Waals surface area contributed by atoms with Crippen LogP contribution in [-0.2, 0) is 0 Å². The maximum Gasteiger partial charge on any atom is 0.128 e. The SMILES string of the molecule is Oc1ccc(-c2cnc3ccc(Br)cc3n2)cc1S. The molecule has 94 valence electrons. The molecular weight excluding hydrogens is 324 g/mol. The summed E-state index contributed by atoms with van der Waals surface area (Å²) in [5.41, 5.74) is 3.29. The minimum Gasteiger partial charge on any atom is -0.507 e. The molecule has 3 nitrogen and oxygen atoms in total. The average Bonchev–Trinajstić information content (AvgIpc) is 2.41. The standard InChI is InChI=1S/C14H9BrN2OS/c15-9-2-3-10-11(6-9)17-12(7-16-10)8-1-4-13(18)14(19)5-8/h1-7,18-19H. The Morgan fingerprint density at radius 1 is 1.05 bits per heavy atom. The van der Waals surface area contributed by atoms with E-state index in [2.05, 4.69) is 38.5 Å². The van der Waals surface area contributed by atoms with Crippen LogP contribution in [0.3, 0.4) is 0 Å². The molecule has 0 aliphatic heterocycles. The van der Waals surface area contributed by atoms with Gasteiger partial charge < -0.3 is 5.11 Å². The van der Waals surface area contributed by atoms with E-state index in [9.17, 15) is 5.11 Å². The molecular formula is C14H9BrN2OS. The highest BCUT2D eigenvalue weighted by Crippen LogP contribution is 2.28. The molecule has 0 aliphatic carbocycles. The van der Waals surface area contributed by atoms with Crippen LogP contribution in [0.15, 0.2) is 52.0 Å². The third kappa shape index (κ3) is 2.43. The fourth-order valence-electron chi connectivity index (χ4n) is 1.81. The maximum atomic E-state index is 9.48. The van der Waals surface area contributed by atoms with Crippen molar-refractivity contribution in [2.45, 2.75) is 4.90 Å². The van der Waals surface area contributed by atoms with Crippen LogP contribution in [0.25, 0.3) is 22.3 Å². The van der Waals surface area contributed by atoms with Gasteiger partial charge in [0.15, 0.2) is 0 Å². The largest absolute Gasteiger partial charge is 0.507 e. The quantitative estimate of drug-likeness (QED) is 0.661. The first kappa shape index (κ1) is 12.4. The van der Waals surface area contributed by atoms with E-state index in [-0.39, 0.29) is 5.75 Å². The van der Waals surface area contributed by atoms with E-state index in [4.69, 9.17) is 0 Å². The van der Waals surface area contributed by atoms with Gasteiger partial charge in [-0.15, -0.1) is 12.6 Å². The number of hydrogen-bond acceptors (Lipinski definition) is 4. The lowest BCUT2D eigenvalue weighted by Crippen LogP contribution is -1.88. The summed E-state index contributed by atoms with van der Waals surface area (Å²) in [4.78, 5) is 9.47. The highest BCUT2D eigenvalue weighted by atomic mass is 79.9. The predicted octanol–water partition coefficient (Wildman–Crippen LogP) is 4.05. The number of thiol groups is 1. The van der Waals surface area contributed by atoms with Crippen LogP contribution in [0.2, 0.25) is 0 Å². The monoisotopic (exact) mass is 332 g/mol. The molecule has 0 saturated heterocycles. The summed E-state index contributed by atoms with van der Waals surface area (Å²) in [7, 11) is 0. The molecule has 1 aromatic heterocycles. The number of rotatable bonds is 1. The Morgan fingerprint density at radius 2 is 1.89 bits per heavy atom. The molecule has 0 radical (unpaired) electrons. The van der Waals surface area contributed by atoms with E-state index in [0.29, 0.717) is 4.90 Å². The molecule has 0 saturated carbocycles. The number of fused-ring (bicyclic) bond motifs is 1. The number of phenolic OH excluding ortho intramolecular Hbond substituents is 1. The van der Waals surface area contributed by atoms with Gasteiger partial charge in [0.05, 0.1) is 22.9 Å². The van der Waals surface area contributed by atoms with Crippen molar-refractivity contribution < 1.29 is 5.11 Å². The van der Waals surface area contributed by atoms with Gasteiger partial charge in [0, 0.05) is 14.9 Å². The number of aromatic nitrogens is 2. The summed E-state index contributed by atoms with van der Waals surface area (Å²) in [6, 6.07) is 10.9. The van der Waals surface area contributed by atoms with E-state index >= 15 is 0 Å². The molecule has 2 aromatic carbocycles. The third-order valence-electron chi connectivity index (χ3n) is 2.78. The topological polar surface area (TPSA) is 46.0 Å². The fraction of sp³-hybridized carbons (Fsp3) is 0. The van der Waals surface area contributed by atoms with Crippen molar-refractivity contribution >= 4 is 39.6 Å². The summed E-state index contributed by atoms with van der Waals surface area (Å²) >= 11 is 7.62. The molecule has 3 rings (SSSR count). The van der Waals surface area contributed by atoms with Gasteiger partial charge in [-0.3, -0.25) is 4.98 Å². The second-order valence-corrected chi connectivity index (χ2v) is 5.49. The zero-order valence-corrected chi connectivity index (χ0v) is 12.2. The molecule has 3 aromatic rings. The van der Waals surface area contributed by atoms with Crippen molar-refractivity contribution in [2.24, 2.45) is 0 Å². The second-order valence-electron chi connectivity index (χ2n) is 4.09. The van der Waals surface area contributed by atoms with Gasteiger partial charge in [-0.1, -0.05) is 15.9 Å². The number of halogens is 1. The van der Waals surface area contributed by atoms with E-state index < -0.39 is 0 Å². The molecule has 19 heavy (non-hydrogen) atoms. The average molecular weight is 333 g/mol. The van der Waals surface area contributed by atoms with Crippen LogP contribution in [0.4, 0.5) is 0 Å². The van der Waals surface area contributed by atoms with Crippen LogP contribution in [-0.4, -0.2) is 15.1 Å². The minimum atomic E-state index is 0.156. The van der Waals surface area contributed by atoms with E-state index in [1.165, 1.54) is 0 Å². The van der Waals surface area contributed by atoms with E-state index in [1.54, 1.807) is 24.4 Å². The number of phenols is 1. The molecule has 0 bridgehead atoms. The zero-order valence-electron chi connectivity index (χ0n) is 9.71. The summed E-state index contributed by atoms with van der Waals surface area (Å²) in [6.45, 7) is 0. The maximum absolute atomic E-state index is 9.48. The highest BCUT2D eigenvalue weighted by molar-refractivity contribution is 9.10. The summed E-state index contributed by atoms with van der Waals surface area (Å²) in [5.74, 6) is 0.156. The van der Waals surface area contributed by atoms with Crippen molar-refractivity contribution in [3.05, 3.63) is 47.1 Å². The molecule has 0 spiro atoms. The number of benzene rings is 2. The lowest BCUT2D eigenvalue weighted by Gasteiger charge is -2.05. The van der Waals surface area contributed by atoms with Gasteiger partial charge in [-0.2, -0.15) is 0 Å². The van der Waals surface area contributed by atoms with Gasteiger partial charge >= 0.3 is 0 Å². The van der Waals surface area contributed by atoms with Crippen LogP contribution >= 0.6 is 28.6 Å². The Balaban J connectivity index is 2.16. The highest BCUT2D eigenvalue weighted by Gasteiger charge is 2.05. The van der Waals surface area contributed by atoms with Crippen molar-refractivity contribution in [1.29, 1.82) is 0 Å². The molecule has 0 fully saturated rings. The minimum absolute atomic E-state index is 0.156. The molecule has 1 N–H and O–H groups in total. The van der Waals surface area contributed by atoms with Gasteiger partial charge in [-0.25, -0.2) is 4.98 Å². The normalized spacial score (nSPS) is 10.8. The Bertz CT molecular complexity index is 776. The number of aromatic hydroxyl groups is 1. The summed E-state index contributed by atoms with van der Waals surface area (Å²) in [6.07, 6.45) is 1.72. The van der Waals surface area contributed by atoms with Gasteiger partial charge in [-0.05, 0) is 36.4 Å². The molecule has 0 atom stereocenters. The Morgan fingerprint density at radius 3 is 2.68 bits per heavy atom. The predicted molar refractivity (Wildman–Crippen MR) is 81.6 cm³/mol. The van der Waals surface area contributed by atoms with Crippen LogP contribution < -0.4 is 0 Å².